The first kappa shape index (κ1) is 16.8. The number of nitrogens with zero attached hydrogens (tertiary/aromatic N) is 1. The quantitative estimate of drug-likeness (QED) is 0.726. The molecule has 1 heterocycles. The molecular weight excluding hydrogens is 342 g/mol. The topological polar surface area (TPSA) is 95.7 Å². The van der Waals surface area contributed by atoms with Gasteiger partial charge in [0.25, 0.3) is 5.91 Å². The van der Waals surface area contributed by atoms with Crippen molar-refractivity contribution >= 4 is 38.3 Å². The molecule has 3 N–H and O–H groups in total. The van der Waals surface area contributed by atoms with Crippen LogP contribution in [0.15, 0.2) is 30.3 Å². The van der Waals surface area contributed by atoms with Gasteiger partial charge in [0.1, 0.15) is 0 Å². The van der Waals surface area contributed by atoms with Gasteiger partial charge >= 0.3 is 0 Å². The number of hydrogen-bond donors (Lipinski definition) is 2. The summed E-state index contributed by atoms with van der Waals surface area (Å²) in [7, 11) is 4.51. The van der Waals surface area contributed by atoms with Crippen LogP contribution in [0.5, 0.6) is 17.2 Å². The highest BCUT2D eigenvalue weighted by molar-refractivity contribution is 7.22. The average Bonchev–Trinajstić information content (AvgIpc) is 2.99. The molecule has 0 spiro atoms. The van der Waals surface area contributed by atoms with Crippen molar-refractivity contribution in [3.05, 3.63) is 35.9 Å². The summed E-state index contributed by atoms with van der Waals surface area (Å²) in [4.78, 5) is 16.8. The molecule has 7 nitrogen and oxygen atoms in total. The molecule has 0 saturated heterocycles. The lowest BCUT2D eigenvalue weighted by atomic mass is 10.1. The van der Waals surface area contributed by atoms with E-state index in [-0.39, 0.29) is 5.91 Å². The van der Waals surface area contributed by atoms with Crippen LogP contribution >= 0.6 is 11.3 Å². The Morgan fingerprint density at radius 2 is 1.76 bits per heavy atom. The average molecular weight is 359 g/mol. The van der Waals surface area contributed by atoms with Gasteiger partial charge < -0.3 is 25.3 Å². The second kappa shape index (κ2) is 6.86. The van der Waals surface area contributed by atoms with E-state index in [2.05, 4.69) is 10.3 Å². The number of fused-ring (bicyclic) bond motifs is 1. The number of thiazole rings is 1. The van der Waals surface area contributed by atoms with Gasteiger partial charge in [0.15, 0.2) is 16.6 Å². The highest BCUT2D eigenvalue weighted by atomic mass is 32.1. The Kier molecular flexibility index (Phi) is 4.62. The van der Waals surface area contributed by atoms with E-state index in [1.54, 1.807) is 18.2 Å². The number of aromatic nitrogens is 1. The van der Waals surface area contributed by atoms with Crippen molar-refractivity contribution in [2.45, 2.75) is 0 Å². The third-order valence-corrected chi connectivity index (χ3v) is 4.44. The largest absolute Gasteiger partial charge is 0.493 e. The van der Waals surface area contributed by atoms with Crippen LogP contribution < -0.4 is 25.3 Å². The summed E-state index contributed by atoms with van der Waals surface area (Å²) in [5.41, 5.74) is 7.54. The van der Waals surface area contributed by atoms with Crippen LogP contribution in [0.2, 0.25) is 0 Å². The van der Waals surface area contributed by atoms with E-state index in [0.29, 0.717) is 33.6 Å². The number of hydrogen-bond acceptors (Lipinski definition) is 7. The first-order chi connectivity index (χ1) is 12.0. The highest BCUT2D eigenvalue weighted by Gasteiger charge is 2.17. The Hall–Kier alpha value is -3.00. The van der Waals surface area contributed by atoms with Gasteiger partial charge in [0.2, 0.25) is 5.75 Å². The van der Waals surface area contributed by atoms with Gasteiger partial charge in [-0.3, -0.25) is 4.79 Å². The summed E-state index contributed by atoms with van der Waals surface area (Å²) in [6, 6.07) is 8.61. The van der Waals surface area contributed by atoms with E-state index in [4.69, 9.17) is 19.9 Å². The minimum Gasteiger partial charge on any atom is -0.493 e. The molecule has 130 valence electrons. The van der Waals surface area contributed by atoms with Gasteiger partial charge in [-0.05, 0) is 30.3 Å². The number of methoxy groups -OCH3 is 3. The number of nitrogens with two attached hydrogens (primary N) is 1. The Morgan fingerprint density at radius 3 is 2.36 bits per heavy atom. The van der Waals surface area contributed by atoms with Gasteiger partial charge in [-0.1, -0.05) is 11.3 Å². The minimum absolute atomic E-state index is 0.295. The molecule has 2 aromatic carbocycles. The Balaban J connectivity index is 1.91. The van der Waals surface area contributed by atoms with E-state index < -0.39 is 0 Å². The highest BCUT2D eigenvalue weighted by Crippen LogP contribution is 2.38. The monoisotopic (exact) mass is 359 g/mol. The van der Waals surface area contributed by atoms with Crippen molar-refractivity contribution in [3.8, 4) is 17.2 Å². The van der Waals surface area contributed by atoms with E-state index in [9.17, 15) is 4.79 Å². The fourth-order valence-corrected chi connectivity index (χ4v) is 3.21. The zero-order valence-corrected chi connectivity index (χ0v) is 14.8. The first-order valence-corrected chi connectivity index (χ1v) is 8.14. The normalized spacial score (nSPS) is 10.5. The molecule has 1 aromatic heterocycles. The molecule has 0 unspecified atom stereocenters. The Bertz CT molecular complexity index is 914. The zero-order valence-electron chi connectivity index (χ0n) is 14.0. The third kappa shape index (κ3) is 3.29. The molecule has 1 amide bonds. The number of nitrogens with one attached hydrogen (secondary N) is 1. The molecule has 0 atom stereocenters. The predicted molar refractivity (Wildman–Crippen MR) is 98.1 cm³/mol. The summed E-state index contributed by atoms with van der Waals surface area (Å²) >= 11 is 1.37. The fourth-order valence-electron chi connectivity index (χ4n) is 2.44. The SMILES string of the molecule is COc1cc(C(=O)Nc2ccc3nc(N)sc3c2)cc(OC)c1OC. The van der Waals surface area contributed by atoms with Gasteiger partial charge in [0.05, 0.1) is 31.5 Å². The molecule has 3 aromatic rings. The summed E-state index contributed by atoms with van der Waals surface area (Å²) in [5.74, 6) is 0.967. The van der Waals surface area contributed by atoms with Gasteiger partial charge in [-0.25, -0.2) is 4.98 Å². The predicted octanol–water partition coefficient (Wildman–Crippen LogP) is 3.16. The number of anilines is 2. The van der Waals surface area contributed by atoms with Gasteiger partial charge in [-0.15, -0.1) is 0 Å². The maximum absolute atomic E-state index is 12.6. The summed E-state index contributed by atoms with van der Waals surface area (Å²) in [5, 5.41) is 3.34. The standard InChI is InChI=1S/C17H17N3O4S/c1-22-12-6-9(7-13(23-2)15(12)24-3)16(21)19-10-4-5-11-14(8-10)25-17(18)20-11/h4-8H,1-3H3,(H2,18,20)(H,19,21). The lowest BCUT2D eigenvalue weighted by Crippen LogP contribution is -2.12. The van der Waals surface area contributed by atoms with Crippen LogP contribution in [-0.4, -0.2) is 32.2 Å². The molecule has 3 rings (SSSR count). The first-order valence-electron chi connectivity index (χ1n) is 7.33. The molecule has 0 bridgehead atoms. The van der Waals surface area contributed by atoms with E-state index in [0.717, 1.165) is 10.2 Å². The summed E-state index contributed by atoms with van der Waals surface area (Å²) in [6.45, 7) is 0. The number of rotatable bonds is 5. The van der Waals surface area contributed by atoms with E-state index in [1.807, 2.05) is 12.1 Å². The molecule has 25 heavy (non-hydrogen) atoms. The Labute approximate surface area is 148 Å². The van der Waals surface area contributed by atoms with Crippen LogP contribution in [0.25, 0.3) is 10.2 Å². The fraction of sp³-hybridized carbons (Fsp3) is 0.176. The van der Waals surface area contributed by atoms with Crippen LogP contribution in [0.3, 0.4) is 0 Å². The molecule has 0 aliphatic carbocycles. The second-order valence-corrected chi connectivity index (χ2v) is 6.16. The maximum Gasteiger partial charge on any atom is 0.255 e. The maximum atomic E-state index is 12.6. The van der Waals surface area contributed by atoms with Crippen molar-refractivity contribution in [3.63, 3.8) is 0 Å². The van der Waals surface area contributed by atoms with Gasteiger partial charge in [-0.2, -0.15) is 0 Å². The number of carbonyl (C=O) groups excluding carboxylic acids is 1. The van der Waals surface area contributed by atoms with Crippen LogP contribution in [-0.2, 0) is 0 Å². The molecule has 0 aliphatic heterocycles. The van der Waals surface area contributed by atoms with Crippen molar-refractivity contribution < 1.29 is 19.0 Å². The molecule has 0 radical (unpaired) electrons. The van der Waals surface area contributed by atoms with E-state index in [1.165, 1.54) is 32.7 Å². The lowest BCUT2D eigenvalue weighted by Gasteiger charge is -2.14. The minimum atomic E-state index is -0.295. The lowest BCUT2D eigenvalue weighted by molar-refractivity contribution is 0.102. The van der Waals surface area contributed by atoms with Crippen molar-refractivity contribution in [1.29, 1.82) is 0 Å². The summed E-state index contributed by atoms with van der Waals surface area (Å²) in [6.07, 6.45) is 0. The Morgan fingerprint density at radius 1 is 1.08 bits per heavy atom. The van der Waals surface area contributed by atoms with Gasteiger partial charge in [0, 0.05) is 11.3 Å². The zero-order chi connectivity index (χ0) is 18.0. The number of ether oxygens (including phenoxy) is 3. The molecule has 0 aliphatic rings. The van der Waals surface area contributed by atoms with Crippen molar-refractivity contribution in [2.75, 3.05) is 32.4 Å². The summed E-state index contributed by atoms with van der Waals surface area (Å²) < 4.78 is 16.7. The van der Waals surface area contributed by atoms with Crippen LogP contribution in [0.4, 0.5) is 10.8 Å². The van der Waals surface area contributed by atoms with Crippen LogP contribution in [0.1, 0.15) is 10.4 Å². The number of nitrogen functional groups attached to an aromatic ring is 1. The molecule has 0 fully saturated rings. The molecular formula is C17H17N3O4S. The third-order valence-electron chi connectivity index (χ3n) is 3.59. The van der Waals surface area contributed by atoms with E-state index >= 15 is 0 Å². The smallest absolute Gasteiger partial charge is 0.255 e. The van der Waals surface area contributed by atoms with Crippen LogP contribution in [0, 0.1) is 0 Å². The molecule has 0 saturated carbocycles. The van der Waals surface area contributed by atoms with Crippen molar-refractivity contribution in [1.82, 2.24) is 4.98 Å². The molecule has 8 heteroatoms. The van der Waals surface area contributed by atoms with Crippen molar-refractivity contribution in [2.24, 2.45) is 0 Å². The number of benzene rings is 2. The number of carbonyl (C=O) groups is 1. The second-order valence-electron chi connectivity index (χ2n) is 5.10. The number of amides is 1.